The molecular weight excluding hydrogens is 457 g/mol. The minimum absolute atomic E-state index is 0.148. The normalized spacial score (nSPS) is 18.5. The number of hydrazone groups is 1. The minimum Gasteiger partial charge on any atom is -0.484 e. The van der Waals surface area contributed by atoms with Gasteiger partial charge < -0.3 is 9.84 Å². The number of halogens is 3. The van der Waals surface area contributed by atoms with Gasteiger partial charge in [0, 0.05) is 17.5 Å². The Labute approximate surface area is 204 Å². The zero-order valence-electron chi connectivity index (χ0n) is 20.4. The molecule has 1 aliphatic heterocycles. The van der Waals surface area contributed by atoms with Crippen molar-refractivity contribution >= 4 is 11.6 Å². The van der Waals surface area contributed by atoms with Crippen LogP contribution in [-0.2, 0) is 10.2 Å². The summed E-state index contributed by atoms with van der Waals surface area (Å²) in [7, 11) is 0. The van der Waals surface area contributed by atoms with Gasteiger partial charge in [-0.15, -0.1) is 0 Å². The second kappa shape index (κ2) is 10.8. The zero-order valence-corrected chi connectivity index (χ0v) is 20.4. The Morgan fingerprint density at radius 3 is 2.26 bits per heavy atom. The van der Waals surface area contributed by atoms with Crippen molar-refractivity contribution in [2.45, 2.75) is 76.6 Å². The summed E-state index contributed by atoms with van der Waals surface area (Å²) in [5.41, 5.74) is -1.30. The summed E-state index contributed by atoms with van der Waals surface area (Å²) in [6.07, 6.45) is -2.00. The summed E-state index contributed by atoms with van der Waals surface area (Å²) in [4.78, 5) is 12.6. The van der Waals surface area contributed by atoms with E-state index in [0.29, 0.717) is 18.6 Å². The highest BCUT2D eigenvalue weighted by Crippen LogP contribution is 2.41. The summed E-state index contributed by atoms with van der Waals surface area (Å²) in [5, 5.41) is 14.4. The Bertz CT molecular complexity index is 1020. The fourth-order valence-corrected chi connectivity index (χ4v) is 4.19. The van der Waals surface area contributed by atoms with E-state index in [-0.39, 0.29) is 16.1 Å². The smallest absolute Gasteiger partial charge is 0.438 e. The highest BCUT2D eigenvalue weighted by Gasteiger charge is 2.63. The van der Waals surface area contributed by atoms with E-state index in [1.807, 2.05) is 49.4 Å². The minimum atomic E-state index is -5.04. The predicted octanol–water partition coefficient (Wildman–Crippen LogP) is 6.20. The van der Waals surface area contributed by atoms with Gasteiger partial charge in [0.1, 0.15) is 5.75 Å². The number of carbonyl (C=O) groups is 1. The summed E-state index contributed by atoms with van der Waals surface area (Å²) < 4.78 is 46.5. The summed E-state index contributed by atoms with van der Waals surface area (Å²) in [6.45, 7) is 5.54. The highest BCUT2D eigenvalue weighted by molar-refractivity contribution is 5.91. The second-order valence-corrected chi connectivity index (χ2v) is 9.48. The van der Waals surface area contributed by atoms with Crippen LogP contribution in [0.15, 0.2) is 59.7 Å². The number of alkyl halides is 3. The largest absolute Gasteiger partial charge is 0.484 e. The van der Waals surface area contributed by atoms with E-state index < -0.39 is 30.8 Å². The maximum absolute atomic E-state index is 13.7. The molecule has 1 aliphatic rings. The van der Waals surface area contributed by atoms with Crippen LogP contribution in [0, 0.1) is 0 Å². The summed E-state index contributed by atoms with van der Waals surface area (Å²) in [5.74, 6) is -0.716. The van der Waals surface area contributed by atoms with E-state index in [1.165, 1.54) is 0 Å². The van der Waals surface area contributed by atoms with Crippen LogP contribution in [-0.4, -0.2) is 40.2 Å². The third kappa shape index (κ3) is 6.04. The molecule has 0 fully saturated rings. The molecule has 0 unspecified atom stereocenters. The topological polar surface area (TPSA) is 62.1 Å². The van der Waals surface area contributed by atoms with Crippen molar-refractivity contribution in [1.82, 2.24) is 5.01 Å². The van der Waals surface area contributed by atoms with Crippen LogP contribution >= 0.6 is 0 Å². The lowest BCUT2D eigenvalue weighted by atomic mass is 9.78. The second-order valence-electron chi connectivity index (χ2n) is 9.48. The number of hydrogen-bond acceptors (Lipinski definition) is 4. The molecule has 5 nitrogen and oxygen atoms in total. The van der Waals surface area contributed by atoms with Gasteiger partial charge in [-0.2, -0.15) is 23.3 Å². The highest BCUT2D eigenvalue weighted by atomic mass is 19.4. The lowest BCUT2D eigenvalue weighted by Crippen LogP contribution is -2.57. The van der Waals surface area contributed by atoms with E-state index in [1.54, 1.807) is 12.1 Å². The molecule has 2 aromatic rings. The van der Waals surface area contributed by atoms with Crippen molar-refractivity contribution in [2.75, 3.05) is 6.61 Å². The summed E-state index contributed by atoms with van der Waals surface area (Å²) in [6, 6.07) is 17.1. The Hall–Kier alpha value is -2.87. The van der Waals surface area contributed by atoms with E-state index in [0.717, 1.165) is 30.4 Å². The number of aliphatic hydroxyl groups is 1. The molecule has 0 radical (unpaired) electrons. The standard InChI is InChI=1S/C27H33F3N2O3/c1-4-5-6-10-13-22-18-26(34,27(28,29)30)32(31-22)24(33)19-35-23-16-14-21(15-17-23)25(2,3)20-11-8-7-9-12-20/h7-9,11-12,14-17,34H,4-6,10,13,18-19H2,1-3H3/t26-/m0/s1. The van der Waals surface area contributed by atoms with Crippen LogP contribution in [0.4, 0.5) is 13.2 Å². The molecule has 0 spiro atoms. The van der Waals surface area contributed by atoms with Gasteiger partial charge in [0.05, 0.1) is 0 Å². The molecule has 190 valence electrons. The number of benzene rings is 2. The SMILES string of the molecule is CCCCCCC1=NN(C(=O)COc2ccc(C(C)(C)c3ccccc3)cc2)[C@@](O)(C(F)(F)F)C1. The van der Waals surface area contributed by atoms with Crippen LogP contribution in [0.2, 0.25) is 0 Å². The van der Waals surface area contributed by atoms with Crippen LogP contribution < -0.4 is 4.74 Å². The number of carbonyl (C=O) groups excluding carboxylic acids is 1. The van der Waals surface area contributed by atoms with Gasteiger partial charge in [0.2, 0.25) is 0 Å². The molecule has 0 aromatic heterocycles. The molecule has 0 saturated heterocycles. The van der Waals surface area contributed by atoms with Crippen molar-refractivity contribution in [3.8, 4) is 5.75 Å². The third-order valence-corrected chi connectivity index (χ3v) is 6.49. The first-order valence-corrected chi connectivity index (χ1v) is 12.0. The number of amides is 1. The van der Waals surface area contributed by atoms with E-state index in [2.05, 4.69) is 18.9 Å². The Morgan fingerprint density at radius 2 is 1.66 bits per heavy atom. The first kappa shape index (κ1) is 26.7. The van der Waals surface area contributed by atoms with E-state index >= 15 is 0 Å². The molecule has 1 heterocycles. The van der Waals surface area contributed by atoms with Crippen molar-refractivity contribution in [2.24, 2.45) is 5.10 Å². The molecular formula is C27H33F3N2O3. The average Bonchev–Trinajstić information content (AvgIpc) is 3.19. The maximum Gasteiger partial charge on any atom is 0.438 e. The molecule has 0 aliphatic carbocycles. The maximum atomic E-state index is 13.7. The number of nitrogens with zero attached hydrogens (tertiary/aromatic N) is 2. The molecule has 0 saturated carbocycles. The van der Waals surface area contributed by atoms with Gasteiger partial charge in [-0.25, -0.2) is 0 Å². The van der Waals surface area contributed by atoms with E-state index in [9.17, 15) is 23.1 Å². The predicted molar refractivity (Wildman–Crippen MR) is 129 cm³/mol. The number of unbranched alkanes of at least 4 members (excludes halogenated alkanes) is 3. The van der Waals surface area contributed by atoms with Crippen molar-refractivity contribution in [3.05, 3.63) is 65.7 Å². The van der Waals surface area contributed by atoms with Gasteiger partial charge in [-0.3, -0.25) is 4.79 Å². The zero-order chi connectivity index (χ0) is 25.7. The number of rotatable bonds is 10. The molecule has 0 bridgehead atoms. The first-order chi connectivity index (χ1) is 16.5. The Kier molecular flexibility index (Phi) is 8.26. The molecule has 3 rings (SSSR count). The van der Waals surface area contributed by atoms with Gasteiger partial charge in [0.15, 0.2) is 6.61 Å². The van der Waals surface area contributed by atoms with Crippen molar-refractivity contribution in [1.29, 1.82) is 0 Å². The van der Waals surface area contributed by atoms with Crippen molar-refractivity contribution < 1.29 is 27.8 Å². The van der Waals surface area contributed by atoms with Gasteiger partial charge >= 0.3 is 6.18 Å². The van der Waals surface area contributed by atoms with Crippen LogP contribution in [0.25, 0.3) is 0 Å². The number of ether oxygens (including phenoxy) is 1. The quantitative estimate of drug-likeness (QED) is 0.403. The fraction of sp³-hybridized carbons (Fsp3) is 0.481. The van der Waals surface area contributed by atoms with Gasteiger partial charge in [-0.1, -0.05) is 82.5 Å². The lowest BCUT2D eigenvalue weighted by molar-refractivity contribution is -0.302. The first-order valence-electron chi connectivity index (χ1n) is 12.0. The van der Waals surface area contributed by atoms with Gasteiger partial charge in [-0.05, 0) is 36.1 Å². The monoisotopic (exact) mass is 490 g/mol. The van der Waals surface area contributed by atoms with Gasteiger partial charge in [0.25, 0.3) is 11.6 Å². The molecule has 2 aromatic carbocycles. The summed E-state index contributed by atoms with van der Waals surface area (Å²) >= 11 is 0. The van der Waals surface area contributed by atoms with Crippen LogP contribution in [0.3, 0.4) is 0 Å². The lowest BCUT2D eigenvalue weighted by Gasteiger charge is -2.32. The molecule has 1 atom stereocenters. The fourth-order valence-electron chi connectivity index (χ4n) is 4.19. The Morgan fingerprint density at radius 1 is 1.03 bits per heavy atom. The van der Waals surface area contributed by atoms with Crippen molar-refractivity contribution in [3.63, 3.8) is 0 Å². The van der Waals surface area contributed by atoms with E-state index in [4.69, 9.17) is 4.74 Å². The van der Waals surface area contributed by atoms with Crippen LogP contribution in [0.1, 0.15) is 70.4 Å². The molecule has 1 amide bonds. The average molecular weight is 491 g/mol. The molecule has 1 N–H and O–H groups in total. The third-order valence-electron chi connectivity index (χ3n) is 6.49. The van der Waals surface area contributed by atoms with Crippen LogP contribution in [0.5, 0.6) is 5.75 Å². The number of hydrogen-bond donors (Lipinski definition) is 1. The molecule has 8 heteroatoms. The molecule has 35 heavy (non-hydrogen) atoms. The Balaban J connectivity index is 1.67.